The van der Waals surface area contributed by atoms with Gasteiger partial charge in [0, 0.05) is 12.1 Å². The summed E-state index contributed by atoms with van der Waals surface area (Å²) in [6, 6.07) is 0.265. The second kappa shape index (κ2) is 5.90. The van der Waals surface area contributed by atoms with Gasteiger partial charge in [-0.1, -0.05) is 13.8 Å². The quantitative estimate of drug-likeness (QED) is 0.725. The van der Waals surface area contributed by atoms with Crippen molar-refractivity contribution in [3.05, 3.63) is 0 Å². The second-order valence-corrected chi connectivity index (χ2v) is 6.10. The first kappa shape index (κ1) is 14.3. The zero-order valence-corrected chi connectivity index (χ0v) is 11.9. The summed E-state index contributed by atoms with van der Waals surface area (Å²) in [4.78, 5) is 24.0. The third-order valence-corrected chi connectivity index (χ3v) is 4.15. The van der Waals surface area contributed by atoms with E-state index in [0.29, 0.717) is 24.4 Å². The smallest absolute Gasteiger partial charge is 0.328 e. The summed E-state index contributed by atoms with van der Waals surface area (Å²) in [5, 5.41) is 6.31. The van der Waals surface area contributed by atoms with Gasteiger partial charge in [-0.25, -0.2) is 4.79 Å². The van der Waals surface area contributed by atoms with Crippen LogP contribution in [0.2, 0.25) is 0 Å². The Hall–Kier alpha value is -1.10. The predicted octanol–water partition coefficient (Wildman–Crippen LogP) is 0.831. The molecular formula is C14H24N2O3. The minimum absolute atomic E-state index is 0.00394. The van der Waals surface area contributed by atoms with E-state index in [-0.39, 0.29) is 17.8 Å². The van der Waals surface area contributed by atoms with Gasteiger partial charge in [-0.15, -0.1) is 0 Å². The number of fused-ring (bicyclic) bond motifs is 2. The van der Waals surface area contributed by atoms with Crippen molar-refractivity contribution >= 4 is 11.9 Å². The Morgan fingerprint density at radius 1 is 1.37 bits per heavy atom. The molecule has 0 radical (unpaired) electrons. The summed E-state index contributed by atoms with van der Waals surface area (Å²) in [5.74, 6) is -0.00506. The predicted molar refractivity (Wildman–Crippen MR) is 71.5 cm³/mol. The van der Waals surface area contributed by atoms with Gasteiger partial charge in [0.25, 0.3) is 0 Å². The molecule has 0 aromatic heterocycles. The lowest BCUT2D eigenvalue weighted by Gasteiger charge is -2.23. The van der Waals surface area contributed by atoms with Crippen LogP contribution in [0.15, 0.2) is 0 Å². The molecule has 19 heavy (non-hydrogen) atoms. The van der Waals surface area contributed by atoms with Crippen LogP contribution in [-0.2, 0) is 14.3 Å². The molecule has 2 heterocycles. The lowest BCUT2D eigenvalue weighted by Crippen LogP contribution is -2.47. The standard InChI is InChI=1S/C14H24N2O3/c1-8(2)6-12(14(18)19-3)16-13(17)10-7-9-4-5-11(10)15-9/h8-12,15H,4-7H2,1-3H3,(H,16,17)/t9?,10?,11?,12-/m0/s1. The molecule has 108 valence electrons. The topological polar surface area (TPSA) is 67.4 Å². The van der Waals surface area contributed by atoms with Crippen molar-refractivity contribution in [2.45, 2.75) is 57.7 Å². The number of carbonyl (C=O) groups is 2. The van der Waals surface area contributed by atoms with E-state index in [1.165, 1.54) is 13.5 Å². The highest BCUT2D eigenvalue weighted by Gasteiger charge is 2.43. The molecule has 5 heteroatoms. The largest absolute Gasteiger partial charge is 0.467 e. The Morgan fingerprint density at radius 3 is 2.58 bits per heavy atom. The number of ether oxygens (including phenoxy) is 1. The summed E-state index contributed by atoms with van der Waals surface area (Å²) >= 11 is 0. The maximum absolute atomic E-state index is 12.3. The van der Waals surface area contributed by atoms with Crippen LogP contribution in [0, 0.1) is 11.8 Å². The molecule has 2 saturated heterocycles. The molecule has 0 aromatic rings. The summed E-state index contributed by atoms with van der Waals surface area (Å²) < 4.78 is 4.77. The molecule has 2 aliphatic heterocycles. The number of hydrogen-bond donors (Lipinski definition) is 2. The molecule has 2 bridgehead atoms. The first-order chi connectivity index (χ1) is 9.01. The van der Waals surface area contributed by atoms with Gasteiger partial charge >= 0.3 is 5.97 Å². The number of methoxy groups -OCH3 is 1. The first-order valence-corrected chi connectivity index (χ1v) is 7.15. The molecule has 2 rings (SSSR count). The molecule has 4 atom stereocenters. The summed E-state index contributed by atoms with van der Waals surface area (Å²) in [5.41, 5.74) is 0. The van der Waals surface area contributed by atoms with Crippen LogP contribution in [0.25, 0.3) is 0 Å². The van der Waals surface area contributed by atoms with Crippen molar-refractivity contribution in [1.29, 1.82) is 0 Å². The Bertz CT molecular complexity index is 357. The Kier molecular flexibility index (Phi) is 4.45. The zero-order chi connectivity index (χ0) is 14.0. The van der Waals surface area contributed by atoms with Crippen molar-refractivity contribution in [3.63, 3.8) is 0 Å². The van der Waals surface area contributed by atoms with Crippen LogP contribution < -0.4 is 10.6 Å². The van der Waals surface area contributed by atoms with Crippen molar-refractivity contribution in [1.82, 2.24) is 10.6 Å². The third kappa shape index (κ3) is 3.26. The highest BCUT2D eigenvalue weighted by molar-refractivity contribution is 5.86. The highest BCUT2D eigenvalue weighted by Crippen LogP contribution is 2.33. The van der Waals surface area contributed by atoms with Gasteiger partial charge in [-0.05, 0) is 31.6 Å². The van der Waals surface area contributed by atoms with Gasteiger partial charge in [0.1, 0.15) is 6.04 Å². The third-order valence-electron chi connectivity index (χ3n) is 4.15. The van der Waals surface area contributed by atoms with Gasteiger partial charge in [0.15, 0.2) is 0 Å². The van der Waals surface area contributed by atoms with E-state index in [0.717, 1.165) is 12.8 Å². The van der Waals surface area contributed by atoms with E-state index in [4.69, 9.17) is 4.74 Å². The van der Waals surface area contributed by atoms with E-state index in [1.807, 2.05) is 13.8 Å². The van der Waals surface area contributed by atoms with Gasteiger partial charge in [-0.3, -0.25) is 4.79 Å². The van der Waals surface area contributed by atoms with Gasteiger partial charge in [0.05, 0.1) is 13.0 Å². The minimum atomic E-state index is -0.517. The molecule has 0 aromatic carbocycles. The molecule has 2 fully saturated rings. The molecule has 2 aliphatic rings. The molecular weight excluding hydrogens is 244 g/mol. The van der Waals surface area contributed by atoms with E-state index >= 15 is 0 Å². The molecule has 3 unspecified atom stereocenters. The molecule has 0 aliphatic carbocycles. The Balaban J connectivity index is 1.93. The fourth-order valence-corrected chi connectivity index (χ4v) is 3.22. The SMILES string of the molecule is COC(=O)[C@H](CC(C)C)NC(=O)C1CC2CCC1N2. The van der Waals surface area contributed by atoms with Crippen LogP contribution in [0.1, 0.15) is 39.5 Å². The Morgan fingerprint density at radius 2 is 2.11 bits per heavy atom. The maximum Gasteiger partial charge on any atom is 0.328 e. The first-order valence-electron chi connectivity index (χ1n) is 7.15. The minimum Gasteiger partial charge on any atom is -0.467 e. The summed E-state index contributed by atoms with van der Waals surface area (Å²) in [6.45, 7) is 4.06. The monoisotopic (exact) mass is 268 g/mol. The molecule has 2 N–H and O–H groups in total. The maximum atomic E-state index is 12.3. The van der Waals surface area contributed by atoms with Crippen molar-refractivity contribution in [2.75, 3.05) is 7.11 Å². The number of carbonyl (C=O) groups excluding carboxylic acids is 2. The summed E-state index contributed by atoms with van der Waals surface area (Å²) in [6.07, 6.45) is 3.75. The number of esters is 1. The average molecular weight is 268 g/mol. The van der Waals surface area contributed by atoms with Crippen LogP contribution in [0.3, 0.4) is 0 Å². The molecule has 1 amide bonds. The van der Waals surface area contributed by atoms with E-state index < -0.39 is 6.04 Å². The molecule has 5 nitrogen and oxygen atoms in total. The lowest BCUT2D eigenvalue weighted by atomic mass is 9.88. The van der Waals surface area contributed by atoms with Gasteiger partial charge in [-0.2, -0.15) is 0 Å². The fourth-order valence-electron chi connectivity index (χ4n) is 3.22. The number of nitrogens with one attached hydrogen (secondary N) is 2. The van der Waals surface area contributed by atoms with Crippen molar-refractivity contribution in [3.8, 4) is 0 Å². The normalized spacial score (nSPS) is 30.4. The van der Waals surface area contributed by atoms with Crippen LogP contribution in [0.5, 0.6) is 0 Å². The second-order valence-electron chi connectivity index (χ2n) is 6.10. The fraction of sp³-hybridized carbons (Fsp3) is 0.857. The molecule has 0 saturated carbocycles. The highest BCUT2D eigenvalue weighted by atomic mass is 16.5. The van der Waals surface area contributed by atoms with Crippen molar-refractivity contribution in [2.24, 2.45) is 11.8 Å². The lowest BCUT2D eigenvalue weighted by molar-refractivity contribution is -0.146. The van der Waals surface area contributed by atoms with E-state index in [9.17, 15) is 9.59 Å². The zero-order valence-electron chi connectivity index (χ0n) is 11.9. The van der Waals surface area contributed by atoms with Crippen LogP contribution in [0.4, 0.5) is 0 Å². The van der Waals surface area contributed by atoms with Crippen LogP contribution >= 0.6 is 0 Å². The van der Waals surface area contributed by atoms with E-state index in [1.54, 1.807) is 0 Å². The van der Waals surface area contributed by atoms with E-state index in [2.05, 4.69) is 10.6 Å². The average Bonchev–Trinajstić information content (AvgIpc) is 2.98. The number of hydrogen-bond acceptors (Lipinski definition) is 4. The Labute approximate surface area is 114 Å². The van der Waals surface area contributed by atoms with Crippen LogP contribution in [-0.4, -0.2) is 37.1 Å². The molecule has 0 spiro atoms. The van der Waals surface area contributed by atoms with Crippen molar-refractivity contribution < 1.29 is 14.3 Å². The number of rotatable bonds is 5. The number of amides is 1. The van der Waals surface area contributed by atoms with Gasteiger partial charge in [0.2, 0.25) is 5.91 Å². The summed E-state index contributed by atoms with van der Waals surface area (Å²) in [7, 11) is 1.36. The van der Waals surface area contributed by atoms with Gasteiger partial charge < -0.3 is 15.4 Å².